The zero-order chi connectivity index (χ0) is 19.8. The highest BCUT2D eigenvalue weighted by Crippen LogP contribution is 2.11. The van der Waals surface area contributed by atoms with E-state index in [0.29, 0.717) is 23.4 Å². The van der Waals surface area contributed by atoms with Crippen molar-refractivity contribution in [1.82, 2.24) is 20.0 Å². The van der Waals surface area contributed by atoms with Crippen molar-refractivity contribution in [2.45, 2.75) is 19.9 Å². The Balaban J connectivity index is 1.54. The number of morpholine rings is 1. The van der Waals surface area contributed by atoms with Crippen molar-refractivity contribution in [1.29, 1.82) is 0 Å². The monoisotopic (exact) mass is 385 g/mol. The molecule has 2 N–H and O–H groups in total. The Bertz CT molecular complexity index is 799. The van der Waals surface area contributed by atoms with E-state index in [4.69, 9.17) is 4.74 Å². The second-order valence-corrected chi connectivity index (χ2v) is 6.74. The number of anilines is 1. The maximum Gasteiger partial charge on any atom is 0.255 e. The van der Waals surface area contributed by atoms with Crippen molar-refractivity contribution in [2.24, 2.45) is 0 Å². The van der Waals surface area contributed by atoms with Crippen molar-refractivity contribution in [2.75, 3.05) is 44.7 Å². The van der Waals surface area contributed by atoms with Gasteiger partial charge in [-0.2, -0.15) is 5.10 Å². The third-order valence-corrected chi connectivity index (χ3v) is 4.56. The first-order valence-electron chi connectivity index (χ1n) is 9.68. The Morgan fingerprint density at radius 2 is 1.89 bits per heavy atom. The molecule has 1 saturated heterocycles. The lowest BCUT2D eigenvalue weighted by Gasteiger charge is -2.26. The fourth-order valence-corrected chi connectivity index (χ4v) is 2.96. The Morgan fingerprint density at radius 3 is 2.64 bits per heavy atom. The van der Waals surface area contributed by atoms with Gasteiger partial charge in [-0.1, -0.05) is 13.0 Å². The van der Waals surface area contributed by atoms with Gasteiger partial charge >= 0.3 is 0 Å². The topological polar surface area (TPSA) is 88.5 Å². The summed E-state index contributed by atoms with van der Waals surface area (Å²) in [4.78, 5) is 26.9. The molecule has 1 aliphatic rings. The highest BCUT2D eigenvalue weighted by molar-refractivity contribution is 6.06. The lowest BCUT2D eigenvalue weighted by Crippen LogP contribution is -2.38. The lowest BCUT2D eigenvalue weighted by molar-refractivity contribution is 0.0360. The van der Waals surface area contributed by atoms with Gasteiger partial charge in [0.2, 0.25) is 0 Å². The Morgan fingerprint density at radius 1 is 1.14 bits per heavy atom. The van der Waals surface area contributed by atoms with Crippen LogP contribution in [0.5, 0.6) is 0 Å². The number of nitrogens with zero attached hydrogens (tertiary/aromatic N) is 3. The van der Waals surface area contributed by atoms with Crippen molar-refractivity contribution < 1.29 is 14.3 Å². The molecular weight excluding hydrogens is 358 g/mol. The molecule has 8 heteroatoms. The van der Waals surface area contributed by atoms with Crippen molar-refractivity contribution in [3.63, 3.8) is 0 Å². The maximum absolute atomic E-state index is 12.5. The summed E-state index contributed by atoms with van der Waals surface area (Å²) in [7, 11) is 0. The average molecular weight is 385 g/mol. The van der Waals surface area contributed by atoms with E-state index >= 15 is 0 Å². The number of ether oxygens (including phenoxy) is 1. The van der Waals surface area contributed by atoms with Crippen LogP contribution >= 0.6 is 0 Å². The van der Waals surface area contributed by atoms with Crippen LogP contribution < -0.4 is 10.6 Å². The van der Waals surface area contributed by atoms with Crippen LogP contribution in [0.15, 0.2) is 36.7 Å². The predicted octanol–water partition coefficient (Wildman–Crippen LogP) is 1.61. The summed E-state index contributed by atoms with van der Waals surface area (Å²) in [6.07, 6.45) is 4.31. The van der Waals surface area contributed by atoms with Crippen LogP contribution in [-0.4, -0.2) is 65.9 Å². The zero-order valence-corrected chi connectivity index (χ0v) is 16.2. The van der Waals surface area contributed by atoms with Gasteiger partial charge in [-0.25, -0.2) is 0 Å². The molecule has 0 spiro atoms. The second-order valence-electron chi connectivity index (χ2n) is 6.74. The van der Waals surface area contributed by atoms with Crippen molar-refractivity contribution in [3.8, 4) is 0 Å². The Kier molecular flexibility index (Phi) is 7.16. The van der Waals surface area contributed by atoms with Gasteiger partial charge in [0.1, 0.15) is 0 Å². The number of benzene rings is 1. The summed E-state index contributed by atoms with van der Waals surface area (Å²) < 4.78 is 7.17. The Labute approximate surface area is 164 Å². The number of hydrogen-bond donors (Lipinski definition) is 2. The minimum Gasteiger partial charge on any atom is -0.379 e. The highest BCUT2D eigenvalue weighted by Gasteiger charge is 2.13. The molecule has 3 rings (SSSR count). The molecule has 2 heterocycles. The van der Waals surface area contributed by atoms with Crippen LogP contribution in [0, 0.1) is 0 Å². The number of carbonyl (C=O) groups is 2. The first kappa shape index (κ1) is 20.0. The summed E-state index contributed by atoms with van der Waals surface area (Å²) in [6.45, 7) is 7.67. The molecule has 28 heavy (non-hydrogen) atoms. The predicted molar refractivity (Wildman–Crippen MR) is 107 cm³/mol. The standard InChI is InChI=1S/C20H27N5O3/c1-2-6-21-19(26)16-4-3-5-17(13-16)20(27)23-18-14-22-25(15-18)8-7-24-9-11-28-12-10-24/h3-5,13-15H,2,6-12H2,1H3,(H,21,26)(H,23,27). The number of carbonyl (C=O) groups excluding carboxylic acids is 2. The van der Waals surface area contributed by atoms with E-state index < -0.39 is 0 Å². The first-order valence-corrected chi connectivity index (χ1v) is 9.68. The molecule has 0 unspecified atom stereocenters. The van der Waals surface area contributed by atoms with E-state index in [1.807, 2.05) is 17.8 Å². The maximum atomic E-state index is 12.5. The molecule has 0 aliphatic carbocycles. The van der Waals surface area contributed by atoms with E-state index in [0.717, 1.165) is 45.8 Å². The van der Waals surface area contributed by atoms with Gasteiger partial charge in [0, 0.05) is 43.5 Å². The largest absolute Gasteiger partial charge is 0.379 e. The quantitative estimate of drug-likeness (QED) is 0.721. The van der Waals surface area contributed by atoms with Crippen LogP contribution in [0.25, 0.3) is 0 Å². The normalized spacial score (nSPS) is 14.6. The summed E-state index contributed by atoms with van der Waals surface area (Å²) in [5, 5.41) is 9.96. The average Bonchev–Trinajstić information content (AvgIpc) is 3.18. The van der Waals surface area contributed by atoms with Gasteiger partial charge in [-0.3, -0.25) is 19.2 Å². The third kappa shape index (κ3) is 5.64. The van der Waals surface area contributed by atoms with Gasteiger partial charge in [0.25, 0.3) is 11.8 Å². The highest BCUT2D eigenvalue weighted by atomic mass is 16.5. The van der Waals surface area contributed by atoms with E-state index in [2.05, 4.69) is 20.6 Å². The minimum atomic E-state index is -0.266. The Hall–Kier alpha value is -2.71. The number of amides is 2. The summed E-state index contributed by atoms with van der Waals surface area (Å²) in [5.41, 5.74) is 1.54. The molecular formula is C20H27N5O3. The van der Waals surface area contributed by atoms with Gasteiger partial charge in [0.05, 0.1) is 31.6 Å². The number of rotatable bonds is 8. The molecule has 2 amide bonds. The van der Waals surface area contributed by atoms with E-state index in [-0.39, 0.29) is 11.8 Å². The van der Waals surface area contributed by atoms with E-state index in [9.17, 15) is 9.59 Å². The number of aromatic nitrogens is 2. The van der Waals surface area contributed by atoms with E-state index in [1.165, 1.54) is 0 Å². The van der Waals surface area contributed by atoms with Crippen LogP contribution in [0.4, 0.5) is 5.69 Å². The third-order valence-electron chi connectivity index (χ3n) is 4.56. The van der Waals surface area contributed by atoms with Gasteiger partial charge in [-0.05, 0) is 24.6 Å². The molecule has 8 nitrogen and oxygen atoms in total. The van der Waals surface area contributed by atoms with Crippen molar-refractivity contribution >= 4 is 17.5 Å². The number of hydrogen-bond acceptors (Lipinski definition) is 5. The van der Waals surface area contributed by atoms with E-state index in [1.54, 1.807) is 30.5 Å². The fraction of sp³-hybridized carbons (Fsp3) is 0.450. The molecule has 0 bridgehead atoms. The zero-order valence-electron chi connectivity index (χ0n) is 16.2. The summed E-state index contributed by atoms with van der Waals surface area (Å²) in [5.74, 6) is -0.440. The van der Waals surface area contributed by atoms with Crippen LogP contribution in [0.2, 0.25) is 0 Å². The molecule has 0 saturated carbocycles. The molecule has 2 aromatic rings. The van der Waals surface area contributed by atoms with Crippen LogP contribution in [-0.2, 0) is 11.3 Å². The van der Waals surface area contributed by atoms with Gasteiger partial charge in [0.15, 0.2) is 0 Å². The molecule has 0 radical (unpaired) electrons. The SMILES string of the molecule is CCCNC(=O)c1cccc(C(=O)Nc2cnn(CCN3CCOCC3)c2)c1. The summed E-state index contributed by atoms with van der Waals surface area (Å²) in [6, 6.07) is 6.70. The first-order chi connectivity index (χ1) is 13.7. The molecule has 1 aromatic carbocycles. The minimum absolute atomic E-state index is 0.174. The molecule has 1 fully saturated rings. The number of nitrogens with one attached hydrogen (secondary N) is 2. The van der Waals surface area contributed by atoms with Gasteiger partial charge < -0.3 is 15.4 Å². The molecule has 150 valence electrons. The second kappa shape index (κ2) is 10.0. The molecule has 1 aromatic heterocycles. The van der Waals surface area contributed by atoms with Crippen LogP contribution in [0.1, 0.15) is 34.1 Å². The smallest absolute Gasteiger partial charge is 0.255 e. The molecule has 1 aliphatic heterocycles. The van der Waals surface area contributed by atoms with Crippen molar-refractivity contribution in [3.05, 3.63) is 47.8 Å². The lowest BCUT2D eigenvalue weighted by atomic mass is 10.1. The van der Waals surface area contributed by atoms with Crippen LogP contribution in [0.3, 0.4) is 0 Å². The van der Waals surface area contributed by atoms with Gasteiger partial charge in [-0.15, -0.1) is 0 Å². The fourth-order valence-electron chi connectivity index (χ4n) is 2.96. The summed E-state index contributed by atoms with van der Waals surface area (Å²) >= 11 is 0. The molecule has 0 atom stereocenters.